The van der Waals surface area contributed by atoms with Crippen LogP contribution in [0.5, 0.6) is 34.5 Å². The Labute approximate surface area is 474 Å². The van der Waals surface area contributed by atoms with Gasteiger partial charge in [0.25, 0.3) is 23.6 Å². The normalized spacial score (nSPS) is 12.2. The van der Waals surface area contributed by atoms with Crippen LogP contribution in [0.1, 0.15) is 112 Å². The molecule has 6 aromatic carbocycles. The van der Waals surface area contributed by atoms with Crippen molar-refractivity contribution in [3.8, 4) is 34.5 Å². The number of fused-ring (bicyclic) bond motifs is 2. The Bertz CT molecular complexity index is 3080. The average Bonchev–Trinajstić information content (AvgIpc) is 4.14. The molecule has 430 valence electrons. The summed E-state index contributed by atoms with van der Waals surface area (Å²) in [6, 6.07) is 25.4. The monoisotopic (exact) mass is 1120 g/mol. The van der Waals surface area contributed by atoms with E-state index in [4.69, 9.17) is 28.4 Å². The number of halogens is 2. The molecule has 18 nitrogen and oxygen atoms in total. The summed E-state index contributed by atoms with van der Waals surface area (Å²) in [6.07, 6.45) is 1.96. The number of carbonyl (C=O) groups is 6. The second kappa shape index (κ2) is 27.3. The molecule has 0 fully saturated rings. The van der Waals surface area contributed by atoms with Crippen LogP contribution >= 0.6 is 0 Å². The Morgan fingerprint density at radius 2 is 0.695 bits per heavy atom. The first kappa shape index (κ1) is 58.9. The first-order valence-electron chi connectivity index (χ1n) is 26.7. The fourth-order valence-electron chi connectivity index (χ4n) is 10.0. The predicted molar refractivity (Wildman–Crippen MR) is 299 cm³/mol. The minimum atomic E-state index is -0.522. The Kier molecular flexibility index (Phi) is 19.6. The van der Waals surface area contributed by atoms with Gasteiger partial charge in [-0.25, -0.2) is 8.78 Å². The second-order valence-corrected chi connectivity index (χ2v) is 19.7. The quantitative estimate of drug-likeness (QED) is 0.0405. The minimum absolute atomic E-state index is 0.0534. The van der Waals surface area contributed by atoms with Crippen LogP contribution in [0.3, 0.4) is 0 Å². The maximum Gasteiger partial charge on any atom is 0.252 e. The van der Waals surface area contributed by atoms with Crippen LogP contribution in [-0.4, -0.2) is 101 Å². The number of rotatable bonds is 25. The van der Waals surface area contributed by atoms with E-state index in [9.17, 15) is 37.5 Å². The van der Waals surface area contributed by atoms with E-state index in [2.05, 4.69) is 21.3 Å². The summed E-state index contributed by atoms with van der Waals surface area (Å²) in [5, 5.41) is 11.6. The zero-order valence-corrected chi connectivity index (χ0v) is 46.7. The number of carbonyl (C=O) groups excluding carboxylic acids is 6. The first-order valence-corrected chi connectivity index (χ1v) is 26.7. The van der Waals surface area contributed by atoms with E-state index in [0.29, 0.717) is 93.6 Å². The molecule has 0 aliphatic carbocycles. The molecule has 4 N–H and O–H groups in total. The average molecular weight is 1130 g/mol. The number of unbranched alkanes of at least 4 members (excludes halogenated alkanes) is 1. The summed E-state index contributed by atoms with van der Waals surface area (Å²) in [4.78, 5) is 86.6. The van der Waals surface area contributed by atoms with Crippen LogP contribution in [-0.2, 0) is 61.7 Å². The van der Waals surface area contributed by atoms with Gasteiger partial charge in [0, 0.05) is 65.2 Å². The van der Waals surface area contributed by atoms with Crippen molar-refractivity contribution in [1.82, 2.24) is 31.1 Å². The third-order valence-electron chi connectivity index (χ3n) is 14.4. The topological polar surface area (TPSA) is 212 Å². The van der Waals surface area contributed by atoms with Crippen molar-refractivity contribution in [2.45, 2.75) is 77.8 Å². The van der Waals surface area contributed by atoms with Crippen molar-refractivity contribution in [2.24, 2.45) is 0 Å². The standard InChI is InChI=1S/C62H66F2N6O12/c1-77-51-23-39(24-52(78-2)57(51)81-5)31-67-61(75)49-29-43-35-69(33-41(43)27-47(49)59(73)65-21-19-37-11-15-45(63)16-12-37)55(71)9-7-8-10-56(72)70-34-42-28-48(60(74)66-22-20-38-13-17-46(64)18-14-38)50(30-44(42)36-70)62(76)68-32-40-25-53(79-3)58(82-6)54(26-40)80-4/h11-18,23-30H,7-10,19-22,31-36H2,1-6H3,(H,65,73)(H,66,74)(H,67,75)(H,68,76). The molecule has 20 heteroatoms. The molecule has 0 unspecified atom stereocenters. The lowest BCUT2D eigenvalue weighted by atomic mass is 9.98. The highest BCUT2D eigenvalue weighted by atomic mass is 19.1. The van der Waals surface area contributed by atoms with Crippen LogP contribution in [0.4, 0.5) is 8.78 Å². The molecule has 6 amide bonds. The van der Waals surface area contributed by atoms with E-state index in [1.54, 1.807) is 82.6 Å². The highest BCUT2D eigenvalue weighted by Gasteiger charge is 2.31. The lowest BCUT2D eigenvalue weighted by molar-refractivity contribution is -0.133. The van der Waals surface area contributed by atoms with Crippen LogP contribution in [0, 0.1) is 11.6 Å². The molecule has 0 aromatic heterocycles. The number of hydrogen-bond acceptors (Lipinski definition) is 12. The number of nitrogens with zero attached hydrogens (tertiary/aromatic N) is 2. The fourth-order valence-corrected chi connectivity index (χ4v) is 10.0. The van der Waals surface area contributed by atoms with Crippen LogP contribution in [0.2, 0.25) is 0 Å². The fraction of sp³-hybridized carbons (Fsp3) is 0.323. The number of benzene rings is 6. The Balaban J connectivity index is 0.895. The van der Waals surface area contributed by atoms with Gasteiger partial charge in [0.1, 0.15) is 11.6 Å². The molecule has 6 aromatic rings. The van der Waals surface area contributed by atoms with Crippen LogP contribution in [0.15, 0.2) is 97.1 Å². The zero-order chi connectivity index (χ0) is 58.5. The number of amides is 6. The third-order valence-corrected chi connectivity index (χ3v) is 14.4. The molecule has 0 radical (unpaired) electrons. The van der Waals surface area contributed by atoms with E-state index in [0.717, 1.165) is 11.1 Å². The zero-order valence-electron chi connectivity index (χ0n) is 46.7. The van der Waals surface area contributed by atoms with E-state index >= 15 is 0 Å². The summed E-state index contributed by atoms with van der Waals surface area (Å²) < 4.78 is 59.9. The Morgan fingerprint density at radius 1 is 0.402 bits per heavy atom. The smallest absolute Gasteiger partial charge is 0.252 e. The highest BCUT2D eigenvalue weighted by Crippen LogP contribution is 2.40. The molecule has 0 saturated heterocycles. The molecule has 0 saturated carbocycles. The van der Waals surface area contributed by atoms with Crippen molar-refractivity contribution >= 4 is 35.4 Å². The molecule has 2 heterocycles. The molecular weight excluding hydrogens is 1060 g/mol. The lowest BCUT2D eigenvalue weighted by Gasteiger charge is -2.17. The first-order chi connectivity index (χ1) is 39.6. The van der Waals surface area contributed by atoms with Gasteiger partial charge in [0.15, 0.2) is 23.0 Å². The SMILES string of the molecule is COc1cc(CNC(=O)c2cc3c(cc2C(=O)NCCc2ccc(F)cc2)CN(C(=O)CCCCC(=O)N2Cc4cc(C(=O)NCCc5ccc(F)cc5)c(C(=O)NCc5cc(OC)c(OC)c(OC)c5)cc4C2)C3)cc(OC)c1OC. The molecule has 8 rings (SSSR count). The van der Waals surface area contributed by atoms with Gasteiger partial charge in [-0.05, 0) is 143 Å². The lowest BCUT2D eigenvalue weighted by Crippen LogP contribution is -2.30. The van der Waals surface area contributed by atoms with Gasteiger partial charge in [-0.2, -0.15) is 0 Å². The van der Waals surface area contributed by atoms with Gasteiger partial charge < -0.3 is 59.5 Å². The van der Waals surface area contributed by atoms with Gasteiger partial charge in [-0.3, -0.25) is 28.8 Å². The van der Waals surface area contributed by atoms with Gasteiger partial charge >= 0.3 is 0 Å². The van der Waals surface area contributed by atoms with Crippen molar-refractivity contribution in [3.05, 3.63) is 175 Å². The van der Waals surface area contributed by atoms with Gasteiger partial charge in [-0.1, -0.05) is 24.3 Å². The summed E-state index contributed by atoms with van der Waals surface area (Å²) in [7, 11) is 8.94. The van der Waals surface area contributed by atoms with E-state index in [1.807, 2.05) is 0 Å². The molecule has 82 heavy (non-hydrogen) atoms. The molecule has 0 bridgehead atoms. The largest absolute Gasteiger partial charge is 0.493 e. The summed E-state index contributed by atoms with van der Waals surface area (Å²) in [6.45, 7) is 1.37. The maximum absolute atomic E-state index is 14.0. The second-order valence-electron chi connectivity index (χ2n) is 19.7. The van der Waals surface area contributed by atoms with Crippen molar-refractivity contribution in [1.29, 1.82) is 0 Å². The molecular formula is C62H66F2N6O12. The summed E-state index contributed by atoms with van der Waals surface area (Å²) in [5.74, 6) is -0.683. The number of methoxy groups -OCH3 is 6. The van der Waals surface area contributed by atoms with Crippen LogP contribution in [0.25, 0.3) is 0 Å². The molecule has 0 spiro atoms. The Hall–Kier alpha value is -9.20. The summed E-state index contributed by atoms with van der Waals surface area (Å²) in [5.41, 5.74) is 6.27. The third kappa shape index (κ3) is 14.2. The Morgan fingerprint density at radius 3 is 0.976 bits per heavy atom. The summed E-state index contributed by atoms with van der Waals surface area (Å²) >= 11 is 0. The van der Waals surface area contributed by atoms with Crippen molar-refractivity contribution in [2.75, 3.05) is 55.7 Å². The van der Waals surface area contributed by atoms with E-state index in [1.165, 1.54) is 66.9 Å². The van der Waals surface area contributed by atoms with Gasteiger partial charge in [0.2, 0.25) is 23.3 Å². The van der Waals surface area contributed by atoms with Gasteiger partial charge in [0.05, 0.1) is 64.9 Å². The van der Waals surface area contributed by atoms with Crippen LogP contribution < -0.4 is 49.7 Å². The van der Waals surface area contributed by atoms with E-state index < -0.39 is 23.6 Å². The number of nitrogens with one attached hydrogen (secondary N) is 4. The molecule has 2 aliphatic heterocycles. The number of hydrogen-bond donors (Lipinski definition) is 4. The maximum atomic E-state index is 14.0. The van der Waals surface area contributed by atoms with Gasteiger partial charge in [-0.15, -0.1) is 0 Å². The molecule has 2 aliphatic rings. The number of ether oxygens (including phenoxy) is 6. The van der Waals surface area contributed by atoms with E-state index in [-0.39, 0.29) is 111 Å². The minimum Gasteiger partial charge on any atom is -0.493 e. The predicted octanol–water partition coefficient (Wildman–Crippen LogP) is 7.77. The molecule has 0 atom stereocenters. The van der Waals surface area contributed by atoms with Crippen molar-refractivity contribution < 1.29 is 66.0 Å². The highest BCUT2D eigenvalue weighted by molar-refractivity contribution is 6.08. The van der Waals surface area contributed by atoms with Crippen molar-refractivity contribution in [3.63, 3.8) is 0 Å².